The van der Waals surface area contributed by atoms with Gasteiger partial charge < -0.3 is 29.5 Å². The molecular weight excluding hydrogens is 645 g/mol. The lowest BCUT2D eigenvalue weighted by Crippen LogP contribution is -2.51. The minimum absolute atomic E-state index is 0.0463. The van der Waals surface area contributed by atoms with Crippen LogP contribution in [0.4, 0.5) is 24.5 Å². The Hall–Kier alpha value is -5.25. The molecule has 0 unspecified atom stereocenters. The van der Waals surface area contributed by atoms with Crippen molar-refractivity contribution in [3.63, 3.8) is 0 Å². The van der Waals surface area contributed by atoms with Gasteiger partial charge in [-0.25, -0.2) is 4.98 Å². The second kappa shape index (κ2) is 14.5. The van der Waals surface area contributed by atoms with Gasteiger partial charge in [0.1, 0.15) is 18.0 Å². The van der Waals surface area contributed by atoms with Crippen LogP contribution >= 0.6 is 0 Å². The Bertz CT molecular complexity index is 1940. The van der Waals surface area contributed by atoms with E-state index in [1.54, 1.807) is 29.4 Å². The van der Waals surface area contributed by atoms with Crippen LogP contribution in [0, 0.1) is 13.8 Å². The summed E-state index contributed by atoms with van der Waals surface area (Å²) in [7, 11) is 0. The van der Waals surface area contributed by atoms with Gasteiger partial charge in [-0.05, 0) is 62.2 Å². The van der Waals surface area contributed by atoms with Crippen molar-refractivity contribution < 1.29 is 32.6 Å². The summed E-state index contributed by atoms with van der Waals surface area (Å²) in [6, 6.07) is 7.11. The van der Waals surface area contributed by atoms with Crippen molar-refractivity contribution in [3.8, 4) is 5.75 Å². The molecule has 2 aliphatic rings. The average Bonchev–Trinajstić information content (AvgIpc) is 3.55. The number of nitrogens with one attached hydrogen (secondary N) is 1. The van der Waals surface area contributed by atoms with Crippen LogP contribution in [0.25, 0.3) is 11.4 Å². The molecule has 0 atom stereocenters. The molecule has 0 radical (unpaired) electrons. The molecule has 0 bridgehead atoms. The normalized spacial score (nSPS) is 15.0. The highest BCUT2D eigenvalue weighted by molar-refractivity contribution is 5.95. The summed E-state index contributed by atoms with van der Waals surface area (Å²) in [5.74, 6) is -0.764. The predicted octanol–water partition coefficient (Wildman–Crippen LogP) is 4.06. The number of nitrogens with zero attached hydrogens (tertiary/aromatic N) is 7. The smallest absolute Gasteiger partial charge is 0.416 e. The lowest BCUT2D eigenvalue weighted by Gasteiger charge is -2.36. The summed E-state index contributed by atoms with van der Waals surface area (Å²) in [5.41, 5.74) is 0.882. The first kappa shape index (κ1) is 35.1. The number of hydrogen-bond donors (Lipinski definition) is 2. The van der Waals surface area contributed by atoms with E-state index in [9.17, 15) is 32.7 Å². The van der Waals surface area contributed by atoms with Crippen molar-refractivity contribution >= 4 is 34.5 Å². The number of halogens is 3. The number of hydrogen-bond acceptors (Lipinski definition) is 9. The van der Waals surface area contributed by atoms with E-state index < -0.39 is 29.1 Å². The zero-order chi connectivity index (χ0) is 35.5. The number of aromatic nitrogens is 5. The molecule has 3 aromatic heterocycles. The maximum atomic E-state index is 14.0. The SMILES string of the molecule is CC.Cc1ccc(O)c(C(=O)N2CCN(c3c(C)n(CC(=O)Nc4ccc(C(F)(F)F)cc4)c4nc(C5=CCOCC5)nn4c3=O)CC2)n1. The second-order valence-corrected chi connectivity index (χ2v) is 11.2. The van der Waals surface area contributed by atoms with E-state index in [1.165, 1.54) is 18.2 Å². The number of ether oxygens (including phenoxy) is 1. The minimum atomic E-state index is -4.51. The monoisotopic (exact) mass is 682 g/mol. The molecule has 1 saturated heterocycles. The molecule has 2 amide bonds. The largest absolute Gasteiger partial charge is 0.505 e. The number of benzene rings is 1. The number of rotatable bonds is 6. The van der Waals surface area contributed by atoms with Gasteiger partial charge in [-0.2, -0.15) is 22.7 Å². The summed E-state index contributed by atoms with van der Waals surface area (Å²) in [6.07, 6.45) is -2.15. The third-order valence-corrected chi connectivity index (χ3v) is 8.12. The van der Waals surface area contributed by atoms with Crippen molar-refractivity contribution in [3.05, 3.63) is 81.3 Å². The van der Waals surface area contributed by atoms with Crippen LogP contribution in [0.2, 0.25) is 0 Å². The molecule has 2 aliphatic heterocycles. The number of aromatic hydroxyl groups is 1. The topological polar surface area (TPSA) is 147 Å². The summed E-state index contributed by atoms with van der Waals surface area (Å²) >= 11 is 0. The lowest BCUT2D eigenvalue weighted by molar-refractivity contribution is -0.137. The van der Waals surface area contributed by atoms with Crippen LogP contribution in [0.1, 0.15) is 53.5 Å². The quantitative estimate of drug-likeness (QED) is 0.307. The van der Waals surface area contributed by atoms with E-state index in [1.807, 2.05) is 24.8 Å². The molecule has 0 spiro atoms. The molecule has 5 heterocycles. The molecular formula is C33H37F3N8O5. The number of fused-ring (bicyclic) bond motifs is 1. The molecule has 2 N–H and O–H groups in total. The van der Waals surface area contributed by atoms with Crippen LogP contribution in [-0.4, -0.2) is 85.4 Å². The Morgan fingerprint density at radius 2 is 1.69 bits per heavy atom. The van der Waals surface area contributed by atoms with Gasteiger partial charge in [0.15, 0.2) is 11.5 Å². The summed E-state index contributed by atoms with van der Waals surface area (Å²) in [6.45, 7) is 8.90. The van der Waals surface area contributed by atoms with Gasteiger partial charge in [0.05, 0.1) is 18.8 Å². The van der Waals surface area contributed by atoms with Crippen LogP contribution < -0.4 is 15.8 Å². The van der Waals surface area contributed by atoms with Gasteiger partial charge in [-0.15, -0.1) is 5.10 Å². The fraction of sp³-hybridized carbons (Fsp3) is 0.394. The molecule has 1 fully saturated rings. The van der Waals surface area contributed by atoms with Gasteiger partial charge in [0.25, 0.3) is 11.5 Å². The molecule has 0 saturated carbocycles. The van der Waals surface area contributed by atoms with Gasteiger partial charge in [0, 0.05) is 43.3 Å². The van der Waals surface area contributed by atoms with Crippen molar-refractivity contribution in [2.75, 3.05) is 49.6 Å². The Labute approximate surface area is 279 Å². The van der Waals surface area contributed by atoms with E-state index in [0.29, 0.717) is 36.8 Å². The number of carbonyl (C=O) groups excluding carboxylic acids is 2. The maximum absolute atomic E-state index is 14.0. The molecule has 0 aliphatic carbocycles. The van der Waals surface area contributed by atoms with E-state index in [2.05, 4.69) is 20.4 Å². The van der Waals surface area contributed by atoms with Gasteiger partial charge in [-0.1, -0.05) is 19.9 Å². The number of piperazine rings is 1. The standard InChI is InChI=1S/C31H31F3N8O5.C2H6/c1-18-3-8-23(43)25(35-18)28(45)40-13-11-39(12-14-40)26-19(2)41(17-24(44)36-22-6-4-21(5-7-22)31(32,33)34)30-37-27(38-42(30)29(26)46)20-9-15-47-16-10-20;1-2/h3-9,43H,10-17H2,1-2H3,(H,36,44);1-2H3. The number of pyridine rings is 1. The summed E-state index contributed by atoms with van der Waals surface area (Å²) < 4.78 is 47.1. The van der Waals surface area contributed by atoms with Crippen LogP contribution in [0.15, 0.2) is 47.3 Å². The number of anilines is 2. The van der Waals surface area contributed by atoms with E-state index in [-0.39, 0.29) is 61.3 Å². The Kier molecular flexibility index (Phi) is 10.4. The second-order valence-electron chi connectivity index (χ2n) is 11.2. The predicted molar refractivity (Wildman–Crippen MR) is 176 cm³/mol. The first-order chi connectivity index (χ1) is 23.4. The van der Waals surface area contributed by atoms with Crippen molar-refractivity contribution in [2.45, 2.75) is 46.8 Å². The Balaban J connectivity index is 0.00000230. The van der Waals surface area contributed by atoms with Crippen LogP contribution in [0.3, 0.4) is 0 Å². The first-order valence-electron chi connectivity index (χ1n) is 15.9. The van der Waals surface area contributed by atoms with Gasteiger partial charge in [0.2, 0.25) is 11.7 Å². The molecule has 1 aromatic carbocycles. The van der Waals surface area contributed by atoms with E-state index in [4.69, 9.17) is 4.74 Å². The highest BCUT2D eigenvalue weighted by Gasteiger charge is 2.31. The van der Waals surface area contributed by atoms with Crippen molar-refractivity contribution in [2.24, 2.45) is 0 Å². The molecule has 260 valence electrons. The van der Waals surface area contributed by atoms with E-state index >= 15 is 0 Å². The van der Waals surface area contributed by atoms with Crippen LogP contribution in [-0.2, 0) is 22.3 Å². The zero-order valence-corrected chi connectivity index (χ0v) is 27.5. The molecule has 6 rings (SSSR count). The highest BCUT2D eigenvalue weighted by Crippen LogP contribution is 2.30. The third-order valence-electron chi connectivity index (χ3n) is 8.12. The van der Waals surface area contributed by atoms with Crippen molar-refractivity contribution in [1.29, 1.82) is 0 Å². The highest BCUT2D eigenvalue weighted by atomic mass is 19.4. The fourth-order valence-electron chi connectivity index (χ4n) is 5.64. The van der Waals surface area contributed by atoms with Gasteiger partial charge in [-0.3, -0.25) is 14.4 Å². The number of carbonyl (C=O) groups is 2. The van der Waals surface area contributed by atoms with E-state index in [0.717, 1.165) is 22.2 Å². The van der Waals surface area contributed by atoms with Gasteiger partial charge >= 0.3 is 6.18 Å². The molecule has 49 heavy (non-hydrogen) atoms. The third kappa shape index (κ3) is 7.43. The molecule has 16 heteroatoms. The molecule has 4 aromatic rings. The molecule has 13 nitrogen and oxygen atoms in total. The minimum Gasteiger partial charge on any atom is -0.505 e. The first-order valence-corrected chi connectivity index (χ1v) is 15.9. The summed E-state index contributed by atoms with van der Waals surface area (Å²) in [4.78, 5) is 52.5. The number of alkyl halides is 3. The number of aryl methyl sites for hydroxylation is 1. The Morgan fingerprint density at radius 3 is 2.33 bits per heavy atom. The Morgan fingerprint density at radius 1 is 1.00 bits per heavy atom. The summed E-state index contributed by atoms with van der Waals surface area (Å²) in [5, 5.41) is 17.3. The average molecular weight is 683 g/mol. The lowest BCUT2D eigenvalue weighted by atomic mass is 10.1. The number of amides is 2. The van der Waals surface area contributed by atoms with Crippen LogP contribution in [0.5, 0.6) is 5.75 Å². The fourth-order valence-corrected chi connectivity index (χ4v) is 5.64. The van der Waals surface area contributed by atoms with Crippen molar-refractivity contribution in [1.82, 2.24) is 29.0 Å². The zero-order valence-electron chi connectivity index (χ0n) is 27.5. The maximum Gasteiger partial charge on any atom is 0.416 e.